The fraction of sp³-hybridized carbons (Fsp3) is 0.333. The third kappa shape index (κ3) is 4.17. The number of nitrogens with two attached hydrogens (primary N) is 1. The van der Waals surface area contributed by atoms with Gasteiger partial charge < -0.3 is 15.6 Å². The SMILES string of the molecule is CCOC(=O)C(C)NS(=O)(=O)c1cc(N)ccc1C(=O)O. The van der Waals surface area contributed by atoms with Crippen LogP contribution in [-0.4, -0.2) is 38.1 Å². The predicted molar refractivity (Wildman–Crippen MR) is 74.2 cm³/mol. The summed E-state index contributed by atoms with van der Waals surface area (Å²) in [4.78, 5) is 22.0. The van der Waals surface area contributed by atoms with Crippen molar-refractivity contribution >= 4 is 27.6 Å². The van der Waals surface area contributed by atoms with Crippen LogP contribution in [0.2, 0.25) is 0 Å². The van der Waals surface area contributed by atoms with Gasteiger partial charge in [0, 0.05) is 5.69 Å². The van der Waals surface area contributed by atoms with Gasteiger partial charge in [-0.25, -0.2) is 13.2 Å². The summed E-state index contributed by atoms with van der Waals surface area (Å²) in [6, 6.07) is 2.22. The molecule has 0 saturated carbocycles. The first kappa shape index (κ1) is 16.9. The van der Waals surface area contributed by atoms with E-state index in [0.29, 0.717) is 0 Å². The van der Waals surface area contributed by atoms with Gasteiger partial charge in [0.2, 0.25) is 10.0 Å². The van der Waals surface area contributed by atoms with E-state index in [0.717, 1.165) is 12.1 Å². The minimum atomic E-state index is -4.23. The van der Waals surface area contributed by atoms with E-state index in [-0.39, 0.29) is 12.3 Å². The smallest absolute Gasteiger partial charge is 0.337 e. The van der Waals surface area contributed by atoms with Crippen molar-refractivity contribution in [2.24, 2.45) is 0 Å². The number of rotatable bonds is 6. The molecule has 0 radical (unpaired) electrons. The molecule has 0 amide bonds. The van der Waals surface area contributed by atoms with Gasteiger partial charge in [0.05, 0.1) is 17.1 Å². The Balaban J connectivity index is 3.16. The Morgan fingerprint density at radius 2 is 2.05 bits per heavy atom. The minimum Gasteiger partial charge on any atom is -0.478 e. The second-order valence-corrected chi connectivity index (χ2v) is 5.84. The molecule has 4 N–H and O–H groups in total. The Morgan fingerprint density at radius 3 is 2.57 bits per heavy atom. The van der Waals surface area contributed by atoms with Gasteiger partial charge in [0.25, 0.3) is 0 Å². The maximum Gasteiger partial charge on any atom is 0.337 e. The summed E-state index contributed by atoms with van der Waals surface area (Å²) >= 11 is 0. The van der Waals surface area contributed by atoms with E-state index in [1.165, 1.54) is 13.0 Å². The van der Waals surface area contributed by atoms with Gasteiger partial charge in [-0.3, -0.25) is 4.79 Å². The van der Waals surface area contributed by atoms with Gasteiger partial charge in [-0.05, 0) is 32.0 Å². The fourth-order valence-corrected chi connectivity index (χ4v) is 2.97. The number of carboxylic acid groups (broad SMARTS) is 1. The molecule has 0 bridgehead atoms. The average molecular weight is 316 g/mol. The Hall–Kier alpha value is -2.13. The Bertz CT molecular complexity index is 656. The van der Waals surface area contributed by atoms with E-state index in [4.69, 9.17) is 10.8 Å². The standard InChI is InChI=1S/C12H16N2O6S/c1-3-20-12(17)7(2)14-21(18,19)10-6-8(13)4-5-9(10)11(15)16/h4-7,14H,3,13H2,1-2H3,(H,15,16). The molecular formula is C12H16N2O6S. The molecule has 0 aliphatic rings. The molecule has 0 aliphatic heterocycles. The van der Waals surface area contributed by atoms with Crippen LogP contribution >= 0.6 is 0 Å². The first-order chi connectivity index (χ1) is 9.69. The Morgan fingerprint density at radius 1 is 1.43 bits per heavy atom. The second kappa shape index (κ2) is 6.55. The van der Waals surface area contributed by atoms with Crippen molar-refractivity contribution in [3.8, 4) is 0 Å². The van der Waals surface area contributed by atoms with Crippen LogP contribution in [0, 0.1) is 0 Å². The molecule has 1 unspecified atom stereocenters. The number of hydrogen-bond donors (Lipinski definition) is 3. The van der Waals surface area contributed by atoms with E-state index in [2.05, 4.69) is 9.46 Å². The fourth-order valence-electron chi connectivity index (χ4n) is 1.55. The van der Waals surface area contributed by atoms with Crippen LogP contribution < -0.4 is 10.5 Å². The molecule has 1 aromatic carbocycles. The van der Waals surface area contributed by atoms with Gasteiger partial charge in [-0.15, -0.1) is 0 Å². The maximum absolute atomic E-state index is 12.2. The maximum atomic E-state index is 12.2. The first-order valence-electron chi connectivity index (χ1n) is 6.00. The van der Waals surface area contributed by atoms with E-state index in [1.807, 2.05) is 0 Å². The molecule has 116 valence electrons. The zero-order valence-corrected chi connectivity index (χ0v) is 12.3. The lowest BCUT2D eigenvalue weighted by Gasteiger charge is -2.14. The van der Waals surface area contributed by atoms with Crippen LogP contribution in [-0.2, 0) is 19.6 Å². The number of sulfonamides is 1. The summed E-state index contributed by atoms with van der Waals surface area (Å²) < 4.78 is 31.1. The quantitative estimate of drug-likeness (QED) is 0.503. The summed E-state index contributed by atoms with van der Waals surface area (Å²) in [5, 5.41) is 9.02. The molecule has 0 saturated heterocycles. The summed E-state index contributed by atoms with van der Waals surface area (Å²) in [7, 11) is -4.23. The van der Waals surface area contributed by atoms with E-state index >= 15 is 0 Å². The number of nitrogen functional groups attached to an aromatic ring is 1. The Labute approximate surface area is 122 Å². The van der Waals surface area contributed by atoms with Crippen LogP contribution in [0.15, 0.2) is 23.1 Å². The third-order valence-corrected chi connectivity index (χ3v) is 4.08. The molecule has 0 fully saturated rings. The van der Waals surface area contributed by atoms with Gasteiger partial charge in [0.1, 0.15) is 6.04 Å². The lowest BCUT2D eigenvalue weighted by Crippen LogP contribution is -2.40. The topological polar surface area (TPSA) is 136 Å². The molecule has 0 aliphatic carbocycles. The minimum absolute atomic E-state index is 0.0872. The van der Waals surface area contributed by atoms with Crippen LogP contribution in [0.1, 0.15) is 24.2 Å². The van der Waals surface area contributed by atoms with Gasteiger partial charge in [-0.1, -0.05) is 0 Å². The average Bonchev–Trinajstić information content (AvgIpc) is 2.38. The molecular weight excluding hydrogens is 300 g/mol. The zero-order chi connectivity index (χ0) is 16.2. The summed E-state index contributed by atoms with van der Waals surface area (Å²) in [6.07, 6.45) is 0. The third-order valence-electron chi connectivity index (χ3n) is 2.50. The highest BCUT2D eigenvalue weighted by molar-refractivity contribution is 7.89. The molecule has 8 nitrogen and oxygen atoms in total. The van der Waals surface area contributed by atoms with E-state index in [1.54, 1.807) is 6.92 Å². The number of aromatic carboxylic acids is 1. The number of carboxylic acids is 1. The van der Waals surface area contributed by atoms with Crippen LogP contribution in [0.5, 0.6) is 0 Å². The van der Waals surface area contributed by atoms with Crippen molar-refractivity contribution < 1.29 is 27.9 Å². The number of nitrogens with one attached hydrogen (secondary N) is 1. The predicted octanol–water partition coefficient (Wildman–Crippen LogP) is 0.197. The van der Waals surface area contributed by atoms with Crippen molar-refractivity contribution in [3.63, 3.8) is 0 Å². The van der Waals surface area contributed by atoms with Crippen molar-refractivity contribution in [1.82, 2.24) is 4.72 Å². The van der Waals surface area contributed by atoms with Gasteiger partial charge in [0.15, 0.2) is 0 Å². The van der Waals surface area contributed by atoms with Crippen molar-refractivity contribution in [3.05, 3.63) is 23.8 Å². The zero-order valence-electron chi connectivity index (χ0n) is 11.5. The summed E-state index contributed by atoms with van der Waals surface area (Å²) in [5.74, 6) is -2.18. The van der Waals surface area contributed by atoms with Crippen molar-refractivity contribution in [1.29, 1.82) is 0 Å². The molecule has 1 rings (SSSR count). The summed E-state index contributed by atoms with van der Waals surface area (Å²) in [6.45, 7) is 2.98. The molecule has 1 atom stereocenters. The van der Waals surface area contributed by atoms with Gasteiger partial charge >= 0.3 is 11.9 Å². The molecule has 0 aromatic heterocycles. The van der Waals surface area contributed by atoms with Crippen molar-refractivity contribution in [2.45, 2.75) is 24.8 Å². The molecule has 0 heterocycles. The van der Waals surface area contributed by atoms with E-state index in [9.17, 15) is 18.0 Å². The molecule has 0 spiro atoms. The van der Waals surface area contributed by atoms with E-state index < -0.39 is 38.5 Å². The number of ether oxygens (including phenoxy) is 1. The normalized spacial score (nSPS) is 12.7. The first-order valence-corrected chi connectivity index (χ1v) is 7.49. The molecule has 9 heteroatoms. The van der Waals surface area contributed by atoms with Gasteiger partial charge in [-0.2, -0.15) is 4.72 Å². The highest BCUT2D eigenvalue weighted by Crippen LogP contribution is 2.19. The number of benzene rings is 1. The summed E-state index contributed by atoms with van der Waals surface area (Å²) in [5.41, 5.74) is 5.14. The van der Waals surface area contributed by atoms with Crippen LogP contribution in [0.3, 0.4) is 0 Å². The number of esters is 1. The number of carbonyl (C=O) groups is 2. The molecule has 1 aromatic rings. The lowest BCUT2D eigenvalue weighted by molar-refractivity contribution is -0.144. The number of carbonyl (C=O) groups excluding carboxylic acids is 1. The molecule has 21 heavy (non-hydrogen) atoms. The van der Waals surface area contributed by atoms with Crippen LogP contribution in [0.4, 0.5) is 5.69 Å². The monoisotopic (exact) mass is 316 g/mol. The number of hydrogen-bond acceptors (Lipinski definition) is 6. The number of anilines is 1. The lowest BCUT2D eigenvalue weighted by atomic mass is 10.2. The Kier molecular flexibility index (Phi) is 5.28. The highest BCUT2D eigenvalue weighted by atomic mass is 32.2. The van der Waals surface area contributed by atoms with Crippen LogP contribution in [0.25, 0.3) is 0 Å². The largest absolute Gasteiger partial charge is 0.478 e. The van der Waals surface area contributed by atoms with Crippen molar-refractivity contribution in [2.75, 3.05) is 12.3 Å². The second-order valence-electron chi connectivity index (χ2n) is 4.16. The highest BCUT2D eigenvalue weighted by Gasteiger charge is 2.27.